The minimum absolute atomic E-state index is 0.0260. The molecule has 0 aliphatic heterocycles. The van der Waals surface area contributed by atoms with Crippen LogP contribution in [0.15, 0.2) is 18.2 Å². The van der Waals surface area contributed by atoms with Gasteiger partial charge in [-0.3, -0.25) is 9.59 Å². The van der Waals surface area contributed by atoms with E-state index in [-0.39, 0.29) is 35.1 Å². The van der Waals surface area contributed by atoms with Crippen molar-refractivity contribution >= 4 is 35.1 Å². The zero-order valence-corrected chi connectivity index (χ0v) is 15.9. The zero-order valence-electron chi connectivity index (χ0n) is 14.3. The lowest BCUT2D eigenvalue weighted by molar-refractivity contribution is -0.145. The van der Waals surface area contributed by atoms with Gasteiger partial charge in [0.1, 0.15) is 11.6 Å². The highest BCUT2D eigenvalue weighted by atomic mass is 35.5. The monoisotopic (exact) mass is 456 g/mol. The number of ether oxygens (including phenoxy) is 2. The van der Waals surface area contributed by atoms with Crippen molar-refractivity contribution in [3.63, 3.8) is 0 Å². The third-order valence-corrected chi connectivity index (χ3v) is 4.38. The van der Waals surface area contributed by atoms with E-state index in [1.54, 1.807) is 0 Å². The van der Waals surface area contributed by atoms with Gasteiger partial charge >= 0.3 is 11.9 Å². The molecule has 0 unspecified atom stereocenters. The van der Waals surface area contributed by atoms with Crippen LogP contribution in [-0.4, -0.2) is 11.9 Å². The molecule has 2 rings (SSSR count). The van der Waals surface area contributed by atoms with E-state index in [1.807, 2.05) is 0 Å². The molecule has 0 aliphatic carbocycles. The Kier molecular flexibility index (Phi) is 7.80. The van der Waals surface area contributed by atoms with Crippen LogP contribution in [0.1, 0.15) is 24.8 Å². The van der Waals surface area contributed by atoms with Crippen LogP contribution < -0.4 is 4.74 Å². The van der Waals surface area contributed by atoms with Gasteiger partial charge in [-0.25, -0.2) is 22.0 Å². The fourth-order valence-electron chi connectivity index (χ4n) is 2.12. The average Bonchev–Trinajstić information content (AvgIpc) is 2.68. The van der Waals surface area contributed by atoms with E-state index >= 15 is 0 Å². The van der Waals surface area contributed by atoms with Gasteiger partial charge in [0.15, 0.2) is 29.0 Å². The highest BCUT2D eigenvalue weighted by Gasteiger charge is 2.26. The highest BCUT2D eigenvalue weighted by molar-refractivity contribution is 6.43. The molecule has 156 valence electrons. The van der Waals surface area contributed by atoms with Gasteiger partial charge in [0.05, 0.1) is 10.6 Å². The average molecular weight is 457 g/mol. The van der Waals surface area contributed by atoms with E-state index in [1.165, 1.54) is 18.2 Å². The summed E-state index contributed by atoms with van der Waals surface area (Å²) >= 11 is 11.6. The van der Waals surface area contributed by atoms with Gasteiger partial charge in [-0.15, -0.1) is 0 Å². The summed E-state index contributed by atoms with van der Waals surface area (Å²) in [6, 6.07) is 4.40. The number of hydrogen-bond donors (Lipinski definition) is 0. The minimum atomic E-state index is -2.31. The van der Waals surface area contributed by atoms with Crippen molar-refractivity contribution in [3.05, 3.63) is 62.9 Å². The maximum absolute atomic E-state index is 13.5. The zero-order chi connectivity index (χ0) is 21.7. The molecule has 0 amide bonds. The molecule has 11 heteroatoms. The van der Waals surface area contributed by atoms with Gasteiger partial charge in [-0.05, 0) is 18.6 Å². The maximum Gasteiger partial charge on any atom is 0.311 e. The summed E-state index contributed by atoms with van der Waals surface area (Å²) < 4.78 is 75.6. The molecular weight excluding hydrogens is 446 g/mol. The lowest BCUT2D eigenvalue weighted by atomic mass is 10.2. The third-order valence-electron chi connectivity index (χ3n) is 3.58. The summed E-state index contributed by atoms with van der Waals surface area (Å²) in [6.45, 7) is -1.16. The van der Waals surface area contributed by atoms with Crippen molar-refractivity contribution in [2.75, 3.05) is 0 Å². The maximum atomic E-state index is 13.5. The third kappa shape index (κ3) is 5.57. The van der Waals surface area contributed by atoms with E-state index in [2.05, 4.69) is 4.74 Å². The van der Waals surface area contributed by atoms with E-state index in [0.29, 0.717) is 0 Å². The molecule has 4 nitrogen and oxygen atoms in total. The number of halogens is 7. The molecule has 0 aromatic heterocycles. The van der Waals surface area contributed by atoms with Gasteiger partial charge in [0, 0.05) is 12.8 Å². The van der Waals surface area contributed by atoms with E-state index in [0.717, 1.165) is 0 Å². The van der Waals surface area contributed by atoms with Gasteiger partial charge in [-0.1, -0.05) is 29.3 Å². The van der Waals surface area contributed by atoms with Crippen molar-refractivity contribution in [2.45, 2.75) is 25.9 Å². The summed E-state index contributed by atoms with van der Waals surface area (Å²) in [5.74, 6) is -12.5. The molecule has 2 aromatic carbocycles. The lowest BCUT2D eigenvalue weighted by Crippen LogP contribution is -2.13. The van der Waals surface area contributed by atoms with Crippen LogP contribution in [-0.2, 0) is 20.9 Å². The SMILES string of the molecule is O=C(CCCC(=O)Oc1cccc(Cl)c1Cl)OCc1c(F)c(F)c(F)c(F)c1F. The van der Waals surface area contributed by atoms with E-state index in [4.69, 9.17) is 27.9 Å². The number of benzene rings is 2. The van der Waals surface area contributed by atoms with Gasteiger partial charge in [0.25, 0.3) is 0 Å². The molecular formula is C18H11Cl2F5O4. The van der Waals surface area contributed by atoms with Gasteiger partial charge in [0.2, 0.25) is 5.82 Å². The van der Waals surface area contributed by atoms with Crippen LogP contribution in [0.3, 0.4) is 0 Å². The number of esters is 2. The molecule has 0 atom stereocenters. The molecule has 0 saturated heterocycles. The normalized spacial score (nSPS) is 10.7. The number of carbonyl (C=O) groups is 2. The second-order valence-electron chi connectivity index (χ2n) is 5.59. The Morgan fingerprint density at radius 3 is 2.00 bits per heavy atom. The summed E-state index contributed by atoms with van der Waals surface area (Å²) in [4.78, 5) is 23.3. The smallest absolute Gasteiger partial charge is 0.311 e. The molecule has 0 spiro atoms. The summed E-state index contributed by atoms with van der Waals surface area (Å²) in [7, 11) is 0. The van der Waals surface area contributed by atoms with Gasteiger partial charge in [-0.2, -0.15) is 0 Å². The van der Waals surface area contributed by atoms with E-state index in [9.17, 15) is 31.5 Å². The lowest BCUT2D eigenvalue weighted by Gasteiger charge is -2.09. The number of carbonyl (C=O) groups excluding carboxylic acids is 2. The van der Waals surface area contributed by atoms with Crippen LogP contribution in [0.2, 0.25) is 10.0 Å². The van der Waals surface area contributed by atoms with Crippen LogP contribution in [0.4, 0.5) is 22.0 Å². The quantitative estimate of drug-likeness (QED) is 0.181. The molecule has 0 heterocycles. The summed E-state index contributed by atoms with van der Waals surface area (Å²) in [5, 5.41) is 0.207. The van der Waals surface area contributed by atoms with Crippen LogP contribution in [0.25, 0.3) is 0 Å². The first-order chi connectivity index (χ1) is 13.6. The predicted molar refractivity (Wildman–Crippen MR) is 92.0 cm³/mol. The first kappa shape index (κ1) is 22.9. The Labute approximate surface area is 171 Å². The van der Waals surface area contributed by atoms with E-state index < -0.39 is 53.2 Å². The Morgan fingerprint density at radius 1 is 0.828 bits per heavy atom. The molecule has 0 fully saturated rings. The van der Waals surface area contributed by atoms with Crippen molar-refractivity contribution < 1.29 is 41.0 Å². The summed E-state index contributed by atoms with van der Waals surface area (Å²) in [6.07, 6.45) is -0.665. The minimum Gasteiger partial charge on any atom is -0.461 e. The van der Waals surface area contributed by atoms with Crippen LogP contribution in [0, 0.1) is 29.1 Å². The highest BCUT2D eigenvalue weighted by Crippen LogP contribution is 2.31. The first-order valence-corrected chi connectivity index (χ1v) is 8.69. The molecule has 0 radical (unpaired) electrons. The Bertz CT molecular complexity index is 923. The topological polar surface area (TPSA) is 52.6 Å². The molecule has 0 aliphatic rings. The largest absolute Gasteiger partial charge is 0.461 e. The molecule has 0 bridgehead atoms. The Balaban J connectivity index is 1.84. The summed E-state index contributed by atoms with van der Waals surface area (Å²) in [5.41, 5.74) is -1.27. The van der Waals surface area contributed by atoms with Crippen LogP contribution in [0.5, 0.6) is 5.75 Å². The fourth-order valence-corrected chi connectivity index (χ4v) is 2.45. The fraction of sp³-hybridized carbons (Fsp3) is 0.222. The van der Waals surface area contributed by atoms with Gasteiger partial charge < -0.3 is 9.47 Å². The van der Waals surface area contributed by atoms with Crippen molar-refractivity contribution in [3.8, 4) is 5.75 Å². The molecule has 29 heavy (non-hydrogen) atoms. The number of hydrogen-bond acceptors (Lipinski definition) is 4. The Hall–Kier alpha value is -2.39. The predicted octanol–water partition coefficient (Wildman–Crippen LogP) is 5.51. The van der Waals surface area contributed by atoms with Crippen LogP contribution >= 0.6 is 23.2 Å². The molecule has 0 N–H and O–H groups in total. The second-order valence-corrected chi connectivity index (χ2v) is 6.37. The molecule has 0 saturated carbocycles. The number of rotatable bonds is 7. The Morgan fingerprint density at radius 2 is 1.38 bits per heavy atom. The van der Waals surface area contributed by atoms with Crippen molar-refractivity contribution in [1.82, 2.24) is 0 Å². The van der Waals surface area contributed by atoms with Crippen molar-refractivity contribution in [2.24, 2.45) is 0 Å². The van der Waals surface area contributed by atoms with Crippen molar-refractivity contribution in [1.29, 1.82) is 0 Å². The molecule has 2 aromatic rings. The second kappa shape index (κ2) is 9.89. The standard InChI is InChI=1S/C18H11Cl2F5O4/c19-9-3-1-4-10(13(9)20)29-12(27)6-2-5-11(26)28-7-8-14(21)16(23)18(25)17(24)15(8)22/h1,3-4H,2,5-7H2. The first-order valence-electron chi connectivity index (χ1n) is 7.94.